The minimum Gasteiger partial charge on any atom is -0.493 e. The van der Waals surface area contributed by atoms with Crippen LogP contribution in [-0.2, 0) is 0 Å². The van der Waals surface area contributed by atoms with Gasteiger partial charge < -0.3 is 4.74 Å². The van der Waals surface area contributed by atoms with Crippen LogP contribution in [0.15, 0.2) is 5.38 Å². The molecule has 3 heteroatoms. The largest absolute Gasteiger partial charge is 0.493 e. The van der Waals surface area contributed by atoms with Crippen LogP contribution >= 0.6 is 11.5 Å². The highest BCUT2D eigenvalue weighted by Crippen LogP contribution is 2.07. The van der Waals surface area contributed by atoms with Crippen molar-refractivity contribution >= 4 is 11.5 Å². The maximum Gasteiger partial charge on any atom is 0.159 e. The molecule has 2 nitrogen and oxygen atoms in total. The van der Waals surface area contributed by atoms with Crippen molar-refractivity contribution in [2.24, 2.45) is 0 Å². The molecule has 0 spiro atoms. The summed E-state index contributed by atoms with van der Waals surface area (Å²) in [4.78, 5) is 0. The highest BCUT2D eigenvalue weighted by molar-refractivity contribution is 7.03. The summed E-state index contributed by atoms with van der Waals surface area (Å²) in [6, 6.07) is 0. The number of hydrogen-bond donors (Lipinski definition) is 0. The van der Waals surface area contributed by atoms with Gasteiger partial charge in [-0.05, 0) is 11.5 Å². The Morgan fingerprint density at radius 2 is 2.86 bits per heavy atom. The normalized spacial score (nSPS) is 8.71. The molecular weight excluding hydrogens is 110 g/mol. The third kappa shape index (κ3) is 0.899. The molecule has 0 saturated heterocycles. The molecule has 1 aromatic rings. The molecule has 0 N–H and O–H groups in total. The van der Waals surface area contributed by atoms with E-state index in [0.717, 1.165) is 0 Å². The Bertz CT molecular complexity index is 126. The van der Waals surface area contributed by atoms with Gasteiger partial charge in [0.15, 0.2) is 5.75 Å². The smallest absolute Gasteiger partial charge is 0.159 e. The van der Waals surface area contributed by atoms with Crippen LogP contribution in [0, 0.1) is 6.20 Å². The second kappa shape index (κ2) is 1.93. The fourth-order valence-corrected chi connectivity index (χ4v) is 0.706. The standard InChI is InChI=1S/C4H4NOS/c1-6-4-2-5-7-3-4/h3H,1H3. The second-order valence-corrected chi connectivity index (χ2v) is 1.62. The summed E-state index contributed by atoms with van der Waals surface area (Å²) in [5.74, 6) is 0.713. The van der Waals surface area contributed by atoms with Gasteiger partial charge in [-0.1, -0.05) is 0 Å². The van der Waals surface area contributed by atoms with Crippen LogP contribution in [0.25, 0.3) is 0 Å². The average molecular weight is 114 g/mol. The van der Waals surface area contributed by atoms with Gasteiger partial charge in [0.25, 0.3) is 0 Å². The van der Waals surface area contributed by atoms with Crippen molar-refractivity contribution in [2.75, 3.05) is 7.11 Å². The lowest BCUT2D eigenvalue weighted by Gasteiger charge is -1.84. The Labute approximate surface area is 45.9 Å². The highest BCUT2D eigenvalue weighted by Gasteiger charge is 1.86. The van der Waals surface area contributed by atoms with Crippen LogP contribution in [-0.4, -0.2) is 11.5 Å². The molecule has 37 valence electrons. The van der Waals surface area contributed by atoms with Crippen molar-refractivity contribution in [3.8, 4) is 5.75 Å². The van der Waals surface area contributed by atoms with E-state index in [-0.39, 0.29) is 0 Å². The van der Waals surface area contributed by atoms with Crippen LogP contribution < -0.4 is 4.74 Å². The van der Waals surface area contributed by atoms with Crippen molar-refractivity contribution < 1.29 is 4.74 Å². The van der Waals surface area contributed by atoms with Crippen molar-refractivity contribution in [1.29, 1.82) is 0 Å². The van der Waals surface area contributed by atoms with Crippen molar-refractivity contribution in [1.82, 2.24) is 4.37 Å². The van der Waals surface area contributed by atoms with E-state index in [2.05, 4.69) is 10.6 Å². The van der Waals surface area contributed by atoms with Gasteiger partial charge in [0.1, 0.15) is 6.20 Å². The number of ether oxygens (including phenoxy) is 1. The van der Waals surface area contributed by atoms with Crippen LogP contribution in [0.4, 0.5) is 0 Å². The minimum absolute atomic E-state index is 0.713. The van der Waals surface area contributed by atoms with E-state index >= 15 is 0 Å². The van der Waals surface area contributed by atoms with Crippen molar-refractivity contribution in [2.45, 2.75) is 0 Å². The van der Waals surface area contributed by atoms with Gasteiger partial charge in [0.05, 0.1) is 12.5 Å². The molecule has 0 bridgehead atoms. The molecule has 1 heterocycles. The number of nitrogens with zero attached hydrogens (tertiary/aromatic N) is 1. The molecule has 0 aliphatic carbocycles. The second-order valence-electron chi connectivity index (χ2n) is 0.995. The monoisotopic (exact) mass is 114 g/mol. The number of hydrogen-bond acceptors (Lipinski definition) is 3. The first kappa shape index (κ1) is 4.59. The molecule has 7 heavy (non-hydrogen) atoms. The zero-order valence-electron chi connectivity index (χ0n) is 3.84. The van der Waals surface area contributed by atoms with Gasteiger partial charge in [-0.25, -0.2) is 0 Å². The Kier molecular flexibility index (Phi) is 1.26. The molecule has 1 aromatic heterocycles. The van der Waals surface area contributed by atoms with E-state index in [4.69, 9.17) is 4.74 Å². The van der Waals surface area contributed by atoms with Gasteiger partial charge in [0.2, 0.25) is 0 Å². The molecule has 0 aliphatic rings. The third-order valence-corrected chi connectivity index (χ3v) is 1.10. The van der Waals surface area contributed by atoms with E-state index in [1.54, 1.807) is 12.5 Å². The van der Waals surface area contributed by atoms with Gasteiger partial charge in [-0.2, -0.15) is 4.37 Å². The first-order chi connectivity index (χ1) is 3.43. The fraction of sp³-hybridized carbons (Fsp3) is 0.250. The maximum absolute atomic E-state index is 4.75. The Balaban J connectivity index is 2.76. The lowest BCUT2D eigenvalue weighted by atomic mass is 10.7. The van der Waals surface area contributed by atoms with Crippen LogP contribution in [0.2, 0.25) is 0 Å². The predicted octanol–water partition coefficient (Wildman–Crippen LogP) is 0.952. The summed E-state index contributed by atoms with van der Waals surface area (Å²) in [7, 11) is 1.60. The van der Waals surface area contributed by atoms with Crippen molar-refractivity contribution in [3.63, 3.8) is 0 Å². The molecular formula is C4H4NOS. The summed E-state index contributed by atoms with van der Waals surface area (Å²) in [5, 5.41) is 1.79. The summed E-state index contributed by atoms with van der Waals surface area (Å²) in [6.45, 7) is 0. The lowest BCUT2D eigenvalue weighted by molar-refractivity contribution is 0.415. The average Bonchev–Trinajstić information content (AvgIpc) is 2.14. The van der Waals surface area contributed by atoms with E-state index < -0.39 is 0 Å². The first-order valence-corrected chi connectivity index (χ1v) is 2.63. The van der Waals surface area contributed by atoms with Crippen molar-refractivity contribution in [3.05, 3.63) is 11.6 Å². The maximum atomic E-state index is 4.75. The summed E-state index contributed by atoms with van der Waals surface area (Å²) in [6.07, 6.45) is 2.63. The quantitative estimate of drug-likeness (QED) is 0.542. The number of methoxy groups -OCH3 is 1. The lowest BCUT2D eigenvalue weighted by Crippen LogP contribution is -1.75. The number of aromatic nitrogens is 1. The molecule has 1 radical (unpaired) electrons. The van der Waals surface area contributed by atoms with Crippen LogP contribution in [0.3, 0.4) is 0 Å². The Morgan fingerprint density at radius 3 is 3.14 bits per heavy atom. The minimum atomic E-state index is 0.713. The third-order valence-electron chi connectivity index (χ3n) is 0.588. The predicted molar refractivity (Wildman–Crippen MR) is 27.5 cm³/mol. The Hall–Kier alpha value is -0.570. The SMILES string of the molecule is COc1[c]nsc1. The van der Waals surface area contributed by atoms with Crippen LogP contribution in [0.5, 0.6) is 5.75 Å². The molecule has 0 amide bonds. The van der Waals surface area contributed by atoms with E-state index in [0.29, 0.717) is 5.75 Å². The zero-order chi connectivity index (χ0) is 5.11. The summed E-state index contributed by atoms with van der Waals surface area (Å²) < 4.78 is 8.43. The molecule has 0 unspecified atom stereocenters. The molecule has 1 rings (SSSR count). The Morgan fingerprint density at radius 1 is 2.00 bits per heavy atom. The van der Waals surface area contributed by atoms with E-state index in [1.807, 2.05) is 0 Å². The van der Waals surface area contributed by atoms with Gasteiger partial charge >= 0.3 is 0 Å². The van der Waals surface area contributed by atoms with Crippen LogP contribution in [0.1, 0.15) is 0 Å². The van der Waals surface area contributed by atoms with Gasteiger partial charge in [0, 0.05) is 0 Å². The summed E-state index contributed by atoms with van der Waals surface area (Å²) in [5.41, 5.74) is 0. The van der Waals surface area contributed by atoms with Gasteiger partial charge in [-0.15, -0.1) is 0 Å². The van der Waals surface area contributed by atoms with E-state index in [9.17, 15) is 0 Å². The zero-order valence-corrected chi connectivity index (χ0v) is 4.66. The van der Waals surface area contributed by atoms with E-state index in [1.165, 1.54) is 11.5 Å². The molecule has 0 saturated carbocycles. The topological polar surface area (TPSA) is 22.1 Å². The van der Waals surface area contributed by atoms with Gasteiger partial charge in [-0.3, -0.25) is 0 Å². The fourth-order valence-electron chi connectivity index (χ4n) is 0.266. The highest BCUT2D eigenvalue weighted by atomic mass is 32.1. The summed E-state index contributed by atoms with van der Waals surface area (Å²) >= 11 is 1.33. The molecule has 0 aromatic carbocycles. The number of rotatable bonds is 1. The molecule has 0 fully saturated rings. The first-order valence-electron chi connectivity index (χ1n) is 1.79. The molecule has 0 atom stereocenters. The molecule has 0 aliphatic heterocycles.